The van der Waals surface area contributed by atoms with E-state index in [1.807, 2.05) is 0 Å². The summed E-state index contributed by atoms with van der Waals surface area (Å²) in [5.41, 5.74) is 1.84. The number of rotatable bonds is 6. The molecule has 2 atom stereocenters. The molecule has 30 heavy (non-hydrogen) atoms. The molecule has 0 spiro atoms. The van der Waals surface area contributed by atoms with E-state index < -0.39 is 18.0 Å². The predicted molar refractivity (Wildman–Crippen MR) is 114 cm³/mol. The molecule has 2 unspecified atom stereocenters. The molecule has 2 aromatic carbocycles. The van der Waals surface area contributed by atoms with Crippen molar-refractivity contribution in [3.8, 4) is 5.75 Å². The molecule has 1 amide bonds. The Balaban J connectivity index is 1.59. The number of Topliss-reactive ketones (excluding diaryl/α,β-unsaturated/α-hetero) is 1. The van der Waals surface area contributed by atoms with E-state index in [1.165, 1.54) is 0 Å². The lowest BCUT2D eigenvalue weighted by molar-refractivity contribution is -0.152. The van der Waals surface area contributed by atoms with Gasteiger partial charge in [-0.1, -0.05) is 25.4 Å². The first-order valence-electron chi connectivity index (χ1n) is 9.81. The Hall–Kier alpha value is -2.86. The number of hydrogen-bond donors (Lipinski definition) is 1. The maximum Gasteiger partial charge on any atom is 0.313 e. The predicted octanol–water partition coefficient (Wildman–Crippen LogP) is 4.30. The van der Waals surface area contributed by atoms with Crippen molar-refractivity contribution in [2.45, 2.75) is 33.3 Å². The number of anilines is 1. The number of nitrogens with one attached hydrogen (secondary N) is 1. The van der Waals surface area contributed by atoms with Gasteiger partial charge in [-0.05, 0) is 61.4 Å². The number of amides is 1. The van der Waals surface area contributed by atoms with Crippen LogP contribution in [0.3, 0.4) is 0 Å². The number of fused-ring (bicyclic) bond motifs is 1. The number of esters is 1. The summed E-state index contributed by atoms with van der Waals surface area (Å²) in [4.78, 5) is 36.9. The van der Waals surface area contributed by atoms with E-state index in [2.05, 4.69) is 5.32 Å². The zero-order valence-electron chi connectivity index (χ0n) is 17.1. The van der Waals surface area contributed by atoms with E-state index in [9.17, 15) is 14.4 Å². The van der Waals surface area contributed by atoms with Gasteiger partial charge in [0.2, 0.25) is 11.7 Å². The quantitative estimate of drug-likeness (QED) is 0.546. The Morgan fingerprint density at radius 2 is 1.80 bits per heavy atom. The van der Waals surface area contributed by atoms with Gasteiger partial charge in [0, 0.05) is 22.2 Å². The summed E-state index contributed by atoms with van der Waals surface area (Å²) in [6.45, 7) is 5.34. The van der Waals surface area contributed by atoms with Crippen molar-refractivity contribution in [2.75, 3.05) is 11.9 Å². The first kappa shape index (κ1) is 21.8. The van der Waals surface area contributed by atoms with Crippen LogP contribution in [0.25, 0.3) is 0 Å². The summed E-state index contributed by atoms with van der Waals surface area (Å²) >= 11 is 6.01. The molecule has 158 valence electrons. The smallest absolute Gasteiger partial charge is 0.313 e. The Bertz CT molecular complexity index is 955. The highest BCUT2D eigenvalue weighted by atomic mass is 35.5. The van der Waals surface area contributed by atoms with Gasteiger partial charge in [0.1, 0.15) is 12.4 Å². The Morgan fingerprint density at radius 3 is 2.47 bits per heavy atom. The van der Waals surface area contributed by atoms with Crippen LogP contribution in [0.4, 0.5) is 5.69 Å². The average Bonchev–Trinajstić information content (AvgIpc) is 2.73. The van der Waals surface area contributed by atoms with E-state index in [-0.39, 0.29) is 24.2 Å². The molecule has 3 rings (SSSR count). The van der Waals surface area contributed by atoms with Crippen LogP contribution in [-0.2, 0) is 20.7 Å². The third kappa shape index (κ3) is 5.19. The Kier molecular flexibility index (Phi) is 6.77. The molecular weight excluding hydrogens is 406 g/mol. The summed E-state index contributed by atoms with van der Waals surface area (Å²) in [5.74, 6) is -0.837. The molecule has 0 bridgehead atoms. The number of hydrogen-bond acceptors (Lipinski definition) is 5. The number of carbonyl (C=O) groups excluding carboxylic acids is 3. The summed E-state index contributed by atoms with van der Waals surface area (Å²) in [6.07, 6.45) is -0.491. The van der Waals surface area contributed by atoms with Gasteiger partial charge < -0.3 is 14.8 Å². The second-order valence-corrected chi connectivity index (χ2v) is 8.07. The third-order valence-corrected chi connectivity index (χ3v) is 5.12. The van der Waals surface area contributed by atoms with Crippen LogP contribution in [-0.4, -0.2) is 30.4 Å². The van der Waals surface area contributed by atoms with Gasteiger partial charge >= 0.3 is 5.97 Å². The molecule has 1 heterocycles. The molecule has 0 fully saturated rings. The Labute approximate surface area is 180 Å². The van der Waals surface area contributed by atoms with Gasteiger partial charge in [0.05, 0.1) is 5.92 Å². The van der Waals surface area contributed by atoms with Crippen molar-refractivity contribution < 1.29 is 23.9 Å². The highest BCUT2D eigenvalue weighted by molar-refractivity contribution is 6.30. The molecule has 1 N–H and O–H groups in total. The highest BCUT2D eigenvalue weighted by Gasteiger charge is 2.30. The molecule has 0 aromatic heterocycles. The second kappa shape index (κ2) is 9.30. The van der Waals surface area contributed by atoms with Crippen molar-refractivity contribution in [1.29, 1.82) is 0 Å². The van der Waals surface area contributed by atoms with E-state index in [0.717, 1.165) is 5.56 Å². The minimum Gasteiger partial charge on any atom is -0.492 e. The van der Waals surface area contributed by atoms with Crippen LogP contribution >= 0.6 is 11.6 Å². The second-order valence-electron chi connectivity index (χ2n) is 7.63. The van der Waals surface area contributed by atoms with Crippen LogP contribution in [0.1, 0.15) is 36.7 Å². The van der Waals surface area contributed by atoms with Crippen molar-refractivity contribution >= 4 is 34.9 Å². The van der Waals surface area contributed by atoms with Crippen molar-refractivity contribution in [3.05, 3.63) is 58.6 Å². The van der Waals surface area contributed by atoms with E-state index in [4.69, 9.17) is 21.1 Å². The molecule has 0 radical (unpaired) electrons. The van der Waals surface area contributed by atoms with Gasteiger partial charge in [-0.15, -0.1) is 0 Å². The summed E-state index contributed by atoms with van der Waals surface area (Å²) in [6, 6.07) is 11.8. The molecule has 7 heteroatoms. The average molecular weight is 430 g/mol. The lowest BCUT2D eigenvalue weighted by atomic mass is 9.97. The van der Waals surface area contributed by atoms with E-state index >= 15 is 0 Å². The van der Waals surface area contributed by atoms with Crippen LogP contribution < -0.4 is 10.1 Å². The van der Waals surface area contributed by atoms with E-state index in [1.54, 1.807) is 63.2 Å². The van der Waals surface area contributed by atoms with Gasteiger partial charge in [0.15, 0.2) is 6.10 Å². The number of carbonyl (C=O) groups is 3. The van der Waals surface area contributed by atoms with Crippen LogP contribution in [0.15, 0.2) is 42.5 Å². The lowest BCUT2D eigenvalue weighted by Crippen LogP contribution is -2.34. The summed E-state index contributed by atoms with van der Waals surface area (Å²) in [5, 5.41) is 3.34. The van der Waals surface area contributed by atoms with Crippen molar-refractivity contribution in [2.24, 2.45) is 11.8 Å². The SMILES string of the molecule is CC(C)C(=O)Nc1ccc(C(=O)C(C)OC(=O)C2COc3ccc(Cl)cc3C2)cc1. The molecular formula is C23H24ClNO5. The van der Waals surface area contributed by atoms with Gasteiger partial charge in [-0.25, -0.2) is 0 Å². The summed E-state index contributed by atoms with van der Waals surface area (Å²) < 4.78 is 11.0. The maximum absolute atomic E-state index is 12.6. The van der Waals surface area contributed by atoms with Gasteiger partial charge in [-0.2, -0.15) is 0 Å². The largest absolute Gasteiger partial charge is 0.492 e. The molecule has 0 aliphatic carbocycles. The monoisotopic (exact) mass is 429 g/mol. The Morgan fingerprint density at radius 1 is 1.10 bits per heavy atom. The molecule has 2 aromatic rings. The minimum absolute atomic E-state index is 0.103. The summed E-state index contributed by atoms with van der Waals surface area (Å²) in [7, 11) is 0. The highest BCUT2D eigenvalue weighted by Crippen LogP contribution is 2.30. The van der Waals surface area contributed by atoms with Gasteiger partial charge in [0.25, 0.3) is 0 Å². The fourth-order valence-corrected chi connectivity index (χ4v) is 3.27. The fraction of sp³-hybridized carbons (Fsp3) is 0.348. The minimum atomic E-state index is -0.936. The lowest BCUT2D eigenvalue weighted by Gasteiger charge is -2.25. The molecule has 0 saturated heterocycles. The molecule has 0 saturated carbocycles. The first-order chi connectivity index (χ1) is 14.2. The molecule has 6 nitrogen and oxygen atoms in total. The fourth-order valence-electron chi connectivity index (χ4n) is 3.08. The van der Waals surface area contributed by atoms with Crippen LogP contribution in [0, 0.1) is 11.8 Å². The molecule has 1 aliphatic heterocycles. The normalized spacial score (nSPS) is 16.2. The number of ether oxygens (including phenoxy) is 2. The zero-order valence-corrected chi connectivity index (χ0v) is 17.9. The van der Waals surface area contributed by atoms with E-state index in [0.29, 0.717) is 28.4 Å². The van der Waals surface area contributed by atoms with Crippen LogP contribution in [0.5, 0.6) is 5.75 Å². The standard InChI is InChI=1S/C23H24ClNO5/c1-13(2)22(27)25-19-7-4-15(5-8-19)21(26)14(3)30-23(28)17-10-16-11-18(24)6-9-20(16)29-12-17/h4-9,11,13-14,17H,10,12H2,1-3H3,(H,25,27). The molecule has 1 aliphatic rings. The van der Waals surface area contributed by atoms with Crippen LogP contribution in [0.2, 0.25) is 5.02 Å². The van der Waals surface area contributed by atoms with Crippen molar-refractivity contribution in [1.82, 2.24) is 0 Å². The topological polar surface area (TPSA) is 81.7 Å². The maximum atomic E-state index is 12.6. The zero-order chi connectivity index (χ0) is 21.8. The number of benzene rings is 2. The van der Waals surface area contributed by atoms with Gasteiger partial charge in [-0.3, -0.25) is 14.4 Å². The first-order valence-corrected chi connectivity index (χ1v) is 10.2. The number of halogens is 1. The number of ketones is 1. The van der Waals surface area contributed by atoms with Crippen molar-refractivity contribution in [3.63, 3.8) is 0 Å². The third-order valence-electron chi connectivity index (χ3n) is 4.89.